The number of carbonyl (C=O) groups is 2. The van der Waals surface area contributed by atoms with Crippen molar-refractivity contribution in [1.29, 1.82) is 0 Å². The van der Waals surface area contributed by atoms with Gasteiger partial charge in [0.15, 0.2) is 0 Å². The van der Waals surface area contributed by atoms with Gasteiger partial charge >= 0.3 is 0 Å². The molecule has 3 aromatic carbocycles. The van der Waals surface area contributed by atoms with Crippen LogP contribution in [-0.4, -0.2) is 25.9 Å². The number of hydrogen-bond donors (Lipinski definition) is 0. The van der Waals surface area contributed by atoms with Gasteiger partial charge in [0.2, 0.25) is 0 Å². The molecule has 10 nitrogen and oxygen atoms in total. The van der Waals surface area contributed by atoms with Crippen LogP contribution in [-0.2, 0) is 17.9 Å². The molecule has 1 saturated heterocycles. The minimum absolute atomic E-state index is 0.00781. The van der Waals surface area contributed by atoms with Gasteiger partial charge in [0.25, 0.3) is 22.5 Å². The van der Waals surface area contributed by atoms with E-state index in [0.29, 0.717) is 11.3 Å². The number of ether oxygens (including phenoxy) is 1. The van der Waals surface area contributed by atoms with Crippen LogP contribution < -0.4 is 4.74 Å². The largest absolute Gasteiger partial charge is 0.489 e. The number of imide groups is 1. The van der Waals surface area contributed by atoms with E-state index in [-0.39, 0.29) is 35.0 Å². The first kappa shape index (κ1) is 23.6. The molecule has 1 aliphatic rings. The molecule has 0 spiro atoms. The van der Waals surface area contributed by atoms with Crippen LogP contribution >= 0.6 is 11.8 Å². The summed E-state index contributed by atoms with van der Waals surface area (Å²) in [6.45, 7) is -0.00856. The van der Waals surface area contributed by atoms with E-state index in [1.54, 1.807) is 48.5 Å². The van der Waals surface area contributed by atoms with Gasteiger partial charge in [-0.1, -0.05) is 30.3 Å². The summed E-state index contributed by atoms with van der Waals surface area (Å²) >= 11 is 0.763. The molecule has 0 N–H and O–H groups in total. The molecule has 4 rings (SSSR count). The number of nitro groups is 2. The van der Waals surface area contributed by atoms with Gasteiger partial charge in [-0.25, -0.2) is 0 Å². The molecule has 1 heterocycles. The molecule has 0 radical (unpaired) electrons. The zero-order chi connectivity index (χ0) is 24.9. The summed E-state index contributed by atoms with van der Waals surface area (Å²) in [6.07, 6.45) is 1.56. The molecule has 0 aliphatic carbocycles. The van der Waals surface area contributed by atoms with Crippen molar-refractivity contribution in [3.63, 3.8) is 0 Å². The van der Waals surface area contributed by atoms with Crippen molar-refractivity contribution in [2.75, 3.05) is 0 Å². The number of para-hydroxylation sites is 1. The third kappa shape index (κ3) is 5.53. The predicted molar refractivity (Wildman–Crippen MR) is 128 cm³/mol. The van der Waals surface area contributed by atoms with Crippen molar-refractivity contribution in [3.8, 4) is 5.75 Å². The summed E-state index contributed by atoms with van der Waals surface area (Å²) in [6, 6.07) is 18.9. The average Bonchev–Trinajstić information content (AvgIpc) is 3.10. The number of benzene rings is 3. The second kappa shape index (κ2) is 10.2. The van der Waals surface area contributed by atoms with Gasteiger partial charge in [-0.05, 0) is 53.2 Å². The quantitative estimate of drug-likeness (QED) is 0.235. The molecule has 2 amide bonds. The second-order valence-electron chi connectivity index (χ2n) is 7.44. The molecule has 176 valence electrons. The van der Waals surface area contributed by atoms with Gasteiger partial charge in [0, 0.05) is 23.8 Å². The average molecular weight is 491 g/mol. The number of non-ortho nitro benzene ring substituents is 1. The van der Waals surface area contributed by atoms with E-state index in [2.05, 4.69) is 0 Å². The van der Waals surface area contributed by atoms with E-state index in [1.807, 2.05) is 0 Å². The van der Waals surface area contributed by atoms with E-state index in [4.69, 9.17) is 4.74 Å². The lowest BCUT2D eigenvalue weighted by Crippen LogP contribution is -2.27. The Labute approximate surface area is 203 Å². The Bertz CT molecular complexity index is 1360. The van der Waals surface area contributed by atoms with Crippen LogP contribution in [0.15, 0.2) is 77.7 Å². The number of amides is 2. The molecule has 0 saturated carbocycles. The van der Waals surface area contributed by atoms with E-state index >= 15 is 0 Å². The first-order chi connectivity index (χ1) is 16.8. The zero-order valence-corrected chi connectivity index (χ0v) is 18.8. The maximum absolute atomic E-state index is 12.8. The normalized spacial score (nSPS) is 14.4. The fourth-order valence-electron chi connectivity index (χ4n) is 3.36. The molecule has 11 heteroatoms. The van der Waals surface area contributed by atoms with Crippen molar-refractivity contribution in [2.45, 2.75) is 13.2 Å². The molecular formula is C24H17N3O7S. The Kier molecular flexibility index (Phi) is 6.88. The number of nitrogens with zero attached hydrogens (tertiary/aromatic N) is 3. The molecule has 1 fully saturated rings. The van der Waals surface area contributed by atoms with Crippen LogP contribution in [0.3, 0.4) is 0 Å². The Morgan fingerprint density at radius 2 is 1.66 bits per heavy atom. The summed E-state index contributed by atoms with van der Waals surface area (Å²) in [5, 5.41) is 21.5. The van der Waals surface area contributed by atoms with Gasteiger partial charge < -0.3 is 4.74 Å². The summed E-state index contributed by atoms with van der Waals surface area (Å²) in [4.78, 5) is 47.5. The lowest BCUT2D eigenvalue weighted by Gasteiger charge is -2.12. The van der Waals surface area contributed by atoms with Crippen LogP contribution in [0.1, 0.15) is 16.7 Å². The number of rotatable bonds is 8. The van der Waals surface area contributed by atoms with Gasteiger partial charge in [0.1, 0.15) is 12.4 Å². The van der Waals surface area contributed by atoms with Crippen molar-refractivity contribution >= 4 is 40.4 Å². The minimum Gasteiger partial charge on any atom is -0.489 e. The minimum atomic E-state index is -0.549. The van der Waals surface area contributed by atoms with Gasteiger partial charge in [-0.15, -0.1) is 0 Å². The third-order valence-electron chi connectivity index (χ3n) is 5.10. The van der Waals surface area contributed by atoms with Crippen molar-refractivity contribution in [1.82, 2.24) is 4.90 Å². The van der Waals surface area contributed by atoms with E-state index in [1.165, 1.54) is 30.3 Å². The van der Waals surface area contributed by atoms with Crippen LogP contribution in [0.25, 0.3) is 6.08 Å². The molecular weight excluding hydrogens is 474 g/mol. The smallest absolute Gasteiger partial charge is 0.293 e. The number of nitro benzene ring substituents is 2. The highest BCUT2D eigenvalue weighted by molar-refractivity contribution is 8.18. The second-order valence-corrected chi connectivity index (χ2v) is 8.43. The Morgan fingerprint density at radius 3 is 2.37 bits per heavy atom. The number of carbonyl (C=O) groups excluding carboxylic acids is 2. The van der Waals surface area contributed by atoms with Gasteiger partial charge in [-0.2, -0.15) is 0 Å². The van der Waals surface area contributed by atoms with Crippen molar-refractivity contribution in [3.05, 3.63) is 115 Å². The molecule has 0 bridgehead atoms. The van der Waals surface area contributed by atoms with Crippen LogP contribution in [0.4, 0.5) is 16.2 Å². The van der Waals surface area contributed by atoms with Crippen LogP contribution in [0.5, 0.6) is 5.75 Å². The Balaban J connectivity index is 1.45. The third-order valence-corrected chi connectivity index (χ3v) is 6.01. The fraction of sp³-hybridized carbons (Fsp3) is 0.0833. The van der Waals surface area contributed by atoms with Gasteiger partial charge in [0.05, 0.1) is 21.3 Å². The van der Waals surface area contributed by atoms with Crippen LogP contribution in [0.2, 0.25) is 0 Å². The van der Waals surface area contributed by atoms with Crippen molar-refractivity contribution in [2.24, 2.45) is 0 Å². The monoisotopic (exact) mass is 491 g/mol. The van der Waals surface area contributed by atoms with Gasteiger partial charge in [-0.3, -0.25) is 34.7 Å². The van der Waals surface area contributed by atoms with E-state index in [9.17, 15) is 29.8 Å². The molecule has 3 aromatic rings. The molecule has 0 unspecified atom stereocenters. The predicted octanol–water partition coefficient (Wildman–Crippen LogP) is 5.32. The lowest BCUT2D eigenvalue weighted by molar-refractivity contribution is -0.385. The Hall–Kier alpha value is -4.51. The highest BCUT2D eigenvalue weighted by atomic mass is 32.2. The maximum atomic E-state index is 12.8. The first-order valence-corrected chi connectivity index (χ1v) is 11.1. The van der Waals surface area contributed by atoms with E-state index in [0.717, 1.165) is 22.2 Å². The Morgan fingerprint density at radius 1 is 0.914 bits per heavy atom. The summed E-state index contributed by atoms with van der Waals surface area (Å²) in [5.41, 5.74) is 1.47. The fourth-order valence-corrected chi connectivity index (χ4v) is 4.19. The zero-order valence-electron chi connectivity index (χ0n) is 18.0. The standard InChI is InChI=1S/C24H17N3O7S/c28-23-22(35-24(29)25(23)14-18-5-1-2-7-21(18)27(32)33)13-17-4-3-6-20(12-17)34-15-16-8-10-19(11-9-16)26(30)31/h1-13H,14-15H2/b22-13-. The molecule has 1 aliphatic heterocycles. The summed E-state index contributed by atoms with van der Waals surface area (Å²) in [7, 11) is 0. The highest BCUT2D eigenvalue weighted by Crippen LogP contribution is 2.34. The first-order valence-electron chi connectivity index (χ1n) is 10.3. The van der Waals surface area contributed by atoms with E-state index < -0.39 is 21.0 Å². The van der Waals surface area contributed by atoms with Crippen LogP contribution in [0, 0.1) is 20.2 Å². The number of hydrogen-bond acceptors (Lipinski definition) is 8. The molecule has 0 atom stereocenters. The highest BCUT2D eigenvalue weighted by Gasteiger charge is 2.36. The molecule has 35 heavy (non-hydrogen) atoms. The SMILES string of the molecule is O=C1S/C(=C\c2cccc(OCc3ccc([N+](=O)[O-])cc3)c2)C(=O)N1Cc1ccccc1[N+](=O)[O-]. The molecule has 0 aromatic heterocycles. The maximum Gasteiger partial charge on any atom is 0.293 e. The summed E-state index contributed by atoms with van der Waals surface area (Å²) < 4.78 is 5.75. The topological polar surface area (TPSA) is 133 Å². The summed E-state index contributed by atoms with van der Waals surface area (Å²) in [5.74, 6) is -0.0217. The van der Waals surface area contributed by atoms with Crippen molar-refractivity contribution < 1.29 is 24.2 Å². The lowest BCUT2D eigenvalue weighted by atomic mass is 10.1. The number of thioether (sulfide) groups is 1.